The maximum absolute atomic E-state index is 13.4. The SMILES string of the molecule is CC(C)CCC[C@@H](C)[C@H]1CC[C@H]2[C@@H]3CC(=O)[C@@]4(O)N(C)C(=O)CC[C@]4(C)[C@H]3CC[C@]12C. The van der Waals surface area contributed by atoms with Crippen molar-refractivity contribution in [1.82, 2.24) is 4.90 Å². The lowest BCUT2D eigenvalue weighted by molar-refractivity contribution is -0.245. The third kappa shape index (κ3) is 3.25. The van der Waals surface area contributed by atoms with E-state index < -0.39 is 11.1 Å². The molecule has 4 rings (SSSR count). The Balaban J connectivity index is 1.57. The molecular formula is C27H45NO3. The lowest BCUT2D eigenvalue weighted by atomic mass is 9.45. The van der Waals surface area contributed by atoms with Crippen molar-refractivity contribution >= 4 is 11.7 Å². The summed E-state index contributed by atoms with van der Waals surface area (Å²) in [6.07, 6.45) is 10.3. The highest BCUT2D eigenvalue weighted by atomic mass is 16.3. The number of carbonyl (C=O) groups excluding carboxylic acids is 2. The van der Waals surface area contributed by atoms with Gasteiger partial charge in [-0.05, 0) is 73.0 Å². The van der Waals surface area contributed by atoms with Gasteiger partial charge in [0.2, 0.25) is 11.6 Å². The van der Waals surface area contributed by atoms with Gasteiger partial charge in [0.1, 0.15) is 0 Å². The number of hydrogen-bond donors (Lipinski definition) is 1. The van der Waals surface area contributed by atoms with Crippen molar-refractivity contribution in [3.05, 3.63) is 0 Å². The summed E-state index contributed by atoms with van der Waals surface area (Å²) in [4.78, 5) is 27.2. The van der Waals surface area contributed by atoms with Crippen molar-refractivity contribution in [3.8, 4) is 0 Å². The van der Waals surface area contributed by atoms with Gasteiger partial charge in [-0.3, -0.25) is 9.59 Å². The van der Waals surface area contributed by atoms with Gasteiger partial charge in [0.15, 0.2) is 5.78 Å². The smallest absolute Gasteiger partial charge is 0.224 e. The maximum atomic E-state index is 13.4. The van der Waals surface area contributed by atoms with Crippen molar-refractivity contribution in [2.24, 2.45) is 46.3 Å². The molecule has 3 saturated carbocycles. The van der Waals surface area contributed by atoms with Crippen LogP contribution in [-0.2, 0) is 9.59 Å². The number of amides is 1. The minimum Gasteiger partial charge on any atom is -0.364 e. The van der Waals surface area contributed by atoms with E-state index in [-0.39, 0.29) is 11.7 Å². The first kappa shape index (κ1) is 23.3. The van der Waals surface area contributed by atoms with E-state index in [1.54, 1.807) is 7.05 Å². The molecule has 1 heterocycles. The number of aliphatic hydroxyl groups is 1. The molecule has 0 radical (unpaired) electrons. The molecule has 176 valence electrons. The largest absolute Gasteiger partial charge is 0.364 e. The lowest BCUT2D eigenvalue weighted by Gasteiger charge is -2.64. The van der Waals surface area contributed by atoms with Crippen LogP contribution in [-0.4, -0.2) is 34.5 Å². The maximum Gasteiger partial charge on any atom is 0.224 e. The summed E-state index contributed by atoms with van der Waals surface area (Å²) >= 11 is 0. The van der Waals surface area contributed by atoms with Crippen LogP contribution in [0, 0.1) is 46.3 Å². The Morgan fingerprint density at radius 3 is 2.42 bits per heavy atom. The van der Waals surface area contributed by atoms with E-state index in [9.17, 15) is 14.7 Å². The van der Waals surface area contributed by atoms with Gasteiger partial charge >= 0.3 is 0 Å². The van der Waals surface area contributed by atoms with Crippen LogP contribution in [0.15, 0.2) is 0 Å². The van der Waals surface area contributed by atoms with Gasteiger partial charge in [0, 0.05) is 25.3 Å². The number of ketones is 1. The number of fused-ring (bicyclic) bond motifs is 5. The minimum absolute atomic E-state index is 0.0939. The fourth-order valence-corrected chi connectivity index (χ4v) is 8.97. The first-order valence-electron chi connectivity index (χ1n) is 13.0. The van der Waals surface area contributed by atoms with Gasteiger partial charge in [-0.1, -0.05) is 53.9 Å². The van der Waals surface area contributed by atoms with Crippen LogP contribution in [0.5, 0.6) is 0 Å². The van der Waals surface area contributed by atoms with Crippen molar-refractivity contribution in [1.29, 1.82) is 0 Å². The third-order valence-electron chi connectivity index (χ3n) is 10.8. The third-order valence-corrected chi connectivity index (χ3v) is 10.8. The average Bonchev–Trinajstić information content (AvgIpc) is 3.06. The van der Waals surface area contributed by atoms with E-state index in [1.807, 2.05) is 0 Å². The second-order valence-corrected chi connectivity index (χ2v) is 12.6. The van der Waals surface area contributed by atoms with Gasteiger partial charge in [0.25, 0.3) is 0 Å². The van der Waals surface area contributed by atoms with E-state index in [4.69, 9.17) is 0 Å². The Hall–Kier alpha value is -0.900. The molecule has 1 aliphatic heterocycles. The highest BCUT2D eigenvalue weighted by Crippen LogP contribution is 2.68. The molecule has 1 saturated heterocycles. The van der Waals surface area contributed by atoms with Gasteiger partial charge in [-0.15, -0.1) is 0 Å². The average molecular weight is 432 g/mol. The molecule has 31 heavy (non-hydrogen) atoms. The fraction of sp³-hybridized carbons (Fsp3) is 0.926. The summed E-state index contributed by atoms with van der Waals surface area (Å²) in [5.74, 6) is 3.36. The molecule has 4 aliphatic rings. The highest BCUT2D eigenvalue weighted by Gasteiger charge is 2.69. The Kier molecular flexibility index (Phi) is 5.89. The van der Waals surface area contributed by atoms with E-state index in [2.05, 4.69) is 34.6 Å². The zero-order valence-electron chi connectivity index (χ0n) is 20.7. The van der Waals surface area contributed by atoms with Gasteiger partial charge in [-0.25, -0.2) is 0 Å². The predicted octanol–water partition coefficient (Wildman–Crippen LogP) is 5.43. The summed E-state index contributed by atoms with van der Waals surface area (Å²) in [7, 11) is 1.63. The molecule has 8 atom stereocenters. The topological polar surface area (TPSA) is 57.6 Å². The second-order valence-electron chi connectivity index (χ2n) is 12.6. The normalized spacial score (nSPS) is 46.0. The minimum atomic E-state index is -1.61. The highest BCUT2D eigenvalue weighted by molar-refractivity contribution is 5.94. The number of rotatable bonds is 5. The molecule has 0 unspecified atom stereocenters. The number of likely N-dealkylation sites (tertiary alicyclic amines) is 1. The summed E-state index contributed by atoms with van der Waals surface area (Å²) < 4.78 is 0. The van der Waals surface area contributed by atoms with Gasteiger partial charge in [-0.2, -0.15) is 0 Å². The Bertz CT molecular complexity index is 734. The van der Waals surface area contributed by atoms with Gasteiger partial charge < -0.3 is 10.0 Å². The first-order chi connectivity index (χ1) is 14.5. The molecule has 3 aliphatic carbocycles. The molecular weight excluding hydrogens is 386 g/mol. The number of piperidine rings is 1. The number of Topliss-reactive ketones (excluding diaryl/α,β-unsaturated/α-hetero) is 1. The molecule has 4 heteroatoms. The molecule has 1 N–H and O–H groups in total. The quantitative estimate of drug-likeness (QED) is 0.632. The second kappa shape index (κ2) is 7.85. The summed E-state index contributed by atoms with van der Waals surface area (Å²) in [6, 6.07) is 0. The summed E-state index contributed by atoms with van der Waals surface area (Å²) in [6.45, 7) is 11.7. The Labute approximate surface area is 189 Å². The molecule has 0 spiro atoms. The zero-order valence-corrected chi connectivity index (χ0v) is 20.7. The van der Waals surface area contributed by atoms with Crippen LogP contribution >= 0.6 is 0 Å². The molecule has 4 fully saturated rings. The van der Waals surface area contributed by atoms with E-state index in [1.165, 1.54) is 43.4 Å². The summed E-state index contributed by atoms with van der Waals surface area (Å²) in [5.41, 5.74) is -1.81. The van der Waals surface area contributed by atoms with Crippen LogP contribution < -0.4 is 0 Å². The number of hydrogen-bond acceptors (Lipinski definition) is 3. The van der Waals surface area contributed by atoms with E-state index >= 15 is 0 Å². The zero-order chi connectivity index (χ0) is 22.8. The number of likely N-dealkylation sites (N-methyl/N-ethyl adjacent to an activating group) is 1. The standard InChI is InChI=1S/C27H45NO3/c1-17(2)8-7-9-18(3)20-10-11-21-19-16-23(29)27(31)26(5,15-13-24(30)28(27)6)22(19)12-14-25(20,21)4/h17-22,31H,7-16H2,1-6H3/t18-,19+,20-,21+,22+,25-,26-,27+/m1/s1. The van der Waals surface area contributed by atoms with E-state index in [0.717, 1.165) is 24.2 Å². The van der Waals surface area contributed by atoms with E-state index in [0.29, 0.717) is 42.4 Å². The Morgan fingerprint density at radius 2 is 1.74 bits per heavy atom. The van der Waals surface area contributed by atoms with Crippen LogP contribution in [0.3, 0.4) is 0 Å². The number of nitrogens with zero attached hydrogens (tertiary/aromatic N) is 1. The van der Waals surface area contributed by atoms with Crippen molar-refractivity contribution in [3.63, 3.8) is 0 Å². The van der Waals surface area contributed by atoms with Crippen LogP contribution in [0.2, 0.25) is 0 Å². The monoisotopic (exact) mass is 431 g/mol. The molecule has 4 nitrogen and oxygen atoms in total. The molecule has 0 aromatic rings. The first-order valence-corrected chi connectivity index (χ1v) is 13.0. The molecule has 1 amide bonds. The molecule has 0 aromatic carbocycles. The number of carbonyl (C=O) groups is 2. The fourth-order valence-electron chi connectivity index (χ4n) is 8.97. The Morgan fingerprint density at radius 1 is 1.03 bits per heavy atom. The van der Waals surface area contributed by atoms with Crippen molar-refractivity contribution in [2.75, 3.05) is 7.05 Å². The van der Waals surface area contributed by atoms with Crippen molar-refractivity contribution < 1.29 is 14.7 Å². The van der Waals surface area contributed by atoms with Gasteiger partial charge in [0.05, 0.1) is 0 Å². The van der Waals surface area contributed by atoms with Crippen LogP contribution in [0.25, 0.3) is 0 Å². The molecule has 0 bridgehead atoms. The molecule has 0 aromatic heterocycles. The van der Waals surface area contributed by atoms with Crippen molar-refractivity contribution in [2.45, 2.75) is 105 Å². The van der Waals surface area contributed by atoms with Crippen LogP contribution in [0.4, 0.5) is 0 Å². The predicted molar refractivity (Wildman–Crippen MR) is 123 cm³/mol. The van der Waals surface area contributed by atoms with Crippen LogP contribution in [0.1, 0.15) is 98.8 Å². The summed E-state index contributed by atoms with van der Waals surface area (Å²) in [5, 5.41) is 11.6. The lowest BCUT2D eigenvalue weighted by Crippen LogP contribution is -2.73.